The molecule has 0 aliphatic rings. The van der Waals surface area contributed by atoms with Gasteiger partial charge in [0.2, 0.25) is 0 Å². The van der Waals surface area contributed by atoms with Gasteiger partial charge in [0.25, 0.3) is 0 Å². The van der Waals surface area contributed by atoms with Gasteiger partial charge in [0.05, 0.1) is 17.3 Å². The van der Waals surface area contributed by atoms with Crippen molar-refractivity contribution in [3.63, 3.8) is 0 Å². The second kappa shape index (κ2) is 5.25. The summed E-state index contributed by atoms with van der Waals surface area (Å²) in [5.41, 5.74) is 0.744. The lowest BCUT2D eigenvalue weighted by Crippen LogP contribution is -1.95. The van der Waals surface area contributed by atoms with E-state index in [1.165, 1.54) is 0 Å². The van der Waals surface area contributed by atoms with Crippen molar-refractivity contribution in [1.82, 2.24) is 4.98 Å². The molecule has 0 fully saturated rings. The average Bonchev–Trinajstić information content (AvgIpc) is 2.18. The van der Waals surface area contributed by atoms with Gasteiger partial charge >= 0.3 is 0 Å². The highest BCUT2D eigenvalue weighted by molar-refractivity contribution is 7.99. The van der Waals surface area contributed by atoms with E-state index < -0.39 is 0 Å². The molecular weight excluding hydrogens is 182 g/mol. The van der Waals surface area contributed by atoms with E-state index in [0.29, 0.717) is 5.25 Å². The molecule has 1 rings (SSSR count). The molecular formula is C10H15NOS. The molecule has 0 aromatic carbocycles. The van der Waals surface area contributed by atoms with Gasteiger partial charge in [-0.3, -0.25) is 0 Å². The van der Waals surface area contributed by atoms with Crippen molar-refractivity contribution in [3.05, 3.63) is 23.9 Å². The fourth-order valence-corrected chi connectivity index (χ4v) is 1.81. The topological polar surface area (TPSA) is 33.1 Å². The molecule has 0 aliphatic carbocycles. The Morgan fingerprint density at radius 2 is 2.31 bits per heavy atom. The van der Waals surface area contributed by atoms with Gasteiger partial charge in [-0.05, 0) is 18.6 Å². The Morgan fingerprint density at radius 3 is 2.92 bits per heavy atom. The van der Waals surface area contributed by atoms with Crippen molar-refractivity contribution in [2.45, 2.75) is 37.2 Å². The first-order valence-electron chi connectivity index (χ1n) is 4.49. The van der Waals surface area contributed by atoms with E-state index in [1.54, 1.807) is 11.8 Å². The maximum absolute atomic E-state index is 8.88. The van der Waals surface area contributed by atoms with Gasteiger partial charge < -0.3 is 5.11 Å². The summed E-state index contributed by atoms with van der Waals surface area (Å²) in [7, 11) is 0. The fourth-order valence-electron chi connectivity index (χ4n) is 0.901. The van der Waals surface area contributed by atoms with Gasteiger partial charge in [0.15, 0.2) is 0 Å². The van der Waals surface area contributed by atoms with Crippen LogP contribution in [0.1, 0.15) is 26.0 Å². The first-order chi connectivity index (χ1) is 6.26. The lowest BCUT2D eigenvalue weighted by atomic mass is 10.4. The molecule has 0 saturated carbocycles. The van der Waals surface area contributed by atoms with Gasteiger partial charge in [-0.1, -0.05) is 19.9 Å². The van der Waals surface area contributed by atoms with E-state index in [9.17, 15) is 0 Å². The molecule has 1 N–H and O–H groups in total. The third-order valence-electron chi connectivity index (χ3n) is 1.84. The van der Waals surface area contributed by atoms with E-state index in [0.717, 1.165) is 17.1 Å². The maximum Gasteiger partial charge on any atom is 0.0966 e. The number of nitrogens with zero attached hydrogens (tertiary/aromatic N) is 1. The van der Waals surface area contributed by atoms with Crippen LogP contribution in [0.3, 0.4) is 0 Å². The molecule has 1 aromatic heterocycles. The second-order valence-corrected chi connectivity index (χ2v) is 4.42. The Morgan fingerprint density at radius 1 is 1.54 bits per heavy atom. The Kier molecular flexibility index (Phi) is 4.25. The van der Waals surface area contributed by atoms with Gasteiger partial charge in [0.1, 0.15) is 0 Å². The second-order valence-electron chi connectivity index (χ2n) is 2.96. The SMILES string of the molecule is CCC(C)Sc1cccc(CO)n1. The first kappa shape index (κ1) is 10.5. The lowest BCUT2D eigenvalue weighted by Gasteiger charge is -2.07. The third kappa shape index (κ3) is 3.36. The first-order valence-corrected chi connectivity index (χ1v) is 5.37. The van der Waals surface area contributed by atoms with Crippen LogP contribution < -0.4 is 0 Å². The van der Waals surface area contributed by atoms with E-state index in [4.69, 9.17) is 5.11 Å². The molecule has 0 spiro atoms. The van der Waals surface area contributed by atoms with Crippen LogP contribution in [0.5, 0.6) is 0 Å². The number of rotatable bonds is 4. The smallest absolute Gasteiger partial charge is 0.0966 e. The lowest BCUT2D eigenvalue weighted by molar-refractivity contribution is 0.276. The Hall–Kier alpha value is -0.540. The number of aliphatic hydroxyl groups excluding tert-OH is 1. The molecule has 0 saturated heterocycles. The Balaban J connectivity index is 2.66. The molecule has 0 radical (unpaired) electrons. The van der Waals surface area contributed by atoms with Crippen LogP contribution in [-0.2, 0) is 6.61 Å². The summed E-state index contributed by atoms with van der Waals surface area (Å²) in [6, 6.07) is 5.75. The standard InChI is InChI=1S/C10H15NOS/c1-3-8(2)13-10-6-4-5-9(7-12)11-10/h4-6,8,12H,3,7H2,1-2H3. The van der Waals surface area contributed by atoms with Crippen molar-refractivity contribution in [1.29, 1.82) is 0 Å². The molecule has 0 aliphatic heterocycles. The quantitative estimate of drug-likeness (QED) is 0.753. The minimum absolute atomic E-state index is 0.0227. The van der Waals surface area contributed by atoms with Gasteiger partial charge in [0, 0.05) is 5.25 Å². The predicted molar refractivity (Wildman–Crippen MR) is 55.8 cm³/mol. The number of pyridine rings is 1. The van der Waals surface area contributed by atoms with Gasteiger partial charge in [-0.15, -0.1) is 11.8 Å². The normalized spacial score (nSPS) is 12.8. The van der Waals surface area contributed by atoms with Crippen LogP contribution in [0.2, 0.25) is 0 Å². The molecule has 72 valence electrons. The molecule has 2 nitrogen and oxygen atoms in total. The molecule has 13 heavy (non-hydrogen) atoms. The van der Waals surface area contributed by atoms with E-state index in [-0.39, 0.29) is 6.61 Å². The minimum Gasteiger partial charge on any atom is -0.390 e. The van der Waals surface area contributed by atoms with Crippen molar-refractivity contribution in [2.24, 2.45) is 0 Å². The van der Waals surface area contributed by atoms with Crippen LogP contribution in [0, 0.1) is 0 Å². The number of aliphatic hydroxyl groups is 1. The molecule has 0 bridgehead atoms. The zero-order valence-electron chi connectivity index (χ0n) is 8.03. The number of hydrogen-bond donors (Lipinski definition) is 1. The third-order valence-corrected chi connectivity index (χ3v) is 3.04. The van der Waals surface area contributed by atoms with E-state index in [2.05, 4.69) is 18.8 Å². The van der Waals surface area contributed by atoms with Crippen molar-refractivity contribution in [3.8, 4) is 0 Å². The summed E-state index contributed by atoms with van der Waals surface area (Å²) < 4.78 is 0. The van der Waals surface area contributed by atoms with Crippen LogP contribution in [0.4, 0.5) is 0 Å². The van der Waals surface area contributed by atoms with E-state index in [1.807, 2.05) is 18.2 Å². The highest BCUT2D eigenvalue weighted by Gasteiger charge is 2.02. The van der Waals surface area contributed by atoms with Crippen molar-refractivity contribution >= 4 is 11.8 Å². The molecule has 0 amide bonds. The molecule has 1 heterocycles. The largest absolute Gasteiger partial charge is 0.390 e. The molecule has 1 aromatic rings. The summed E-state index contributed by atoms with van der Waals surface area (Å²) >= 11 is 1.75. The van der Waals surface area contributed by atoms with Gasteiger partial charge in [-0.25, -0.2) is 4.98 Å². The Bertz CT molecular complexity index is 265. The monoisotopic (exact) mass is 197 g/mol. The fraction of sp³-hybridized carbons (Fsp3) is 0.500. The highest BCUT2D eigenvalue weighted by atomic mass is 32.2. The van der Waals surface area contributed by atoms with Crippen molar-refractivity contribution < 1.29 is 5.11 Å². The summed E-state index contributed by atoms with van der Waals surface area (Å²) in [5, 5.41) is 10.5. The van der Waals surface area contributed by atoms with Crippen LogP contribution in [0.15, 0.2) is 23.2 Å². The van der Waals surface area contributed by atoms with E-state index >= 15 is 0 Å². The van der Waals surface area contributed by atoms with Crippen LogP contribution in [-0.4, -0.2) is 15.3 Å². The average molecular weight is 197 g/mol. The number of aromatic nitrogens is 1. The molecule has 1 unspecified atom stereocenters. The van der Waals surface area contributed by atoms with Crippen molar-refractivity contribution in [2.75, 3.05) is 0 Å². The summed E-state index contributed by atoms with van der Waals surface area (Å²) in [5.74, 6) is 0. The summed E-state index contributed by atoms with van der Waals surface area (Å²) in [6.45, 7) is 4.36. The van der Waals surface area contributed by atoms with Crippen LogP contribution >= 0.6 is 11.8 Å². The Labute approximate surface area is 83.4 Å². The molecule has 3 heteroatoms. The minimum atomic E-state index is 0.0227. The van der Waals surface area contributed by atoms with Crippen LogP contribution in [0.25, 0.3) is 0 Å². The van der Waals surface area contributed by atoms with Gasteiger partial charge in [-0.2, -0.15) is 0 Å². The highest BCUT2D eigenvalue weighted by Crippen LogP contribution is 2.22. The summed E-state index contributed by atoms with van der Waals surface area (Å²) in [6.07, 6.45) is 1.13. The summed E-state index contributed by atoms with van der Waals surface area (Å²) in [4.78, 5) is 4.29. The molecule has 1 atom stereocenters. The number of thioether (sulfide) groups is 1. The predicted octanol–water partition coefficient (Wildman–Crippen LogP) is 2.46. The maximum atomic E-state index is 8.88. The zero-order chi connectivity index (χ0) is 9.68. The zero-order valence-corrected chi connectivity index (χ0v) is 8.84. The number of hydrogen-bond acceptors (Lipinski definition) is 3.